The zero-order valence-corrected chi connectivity index (χ0v) is 13.0. The lowest BCUT2D eigenvalue weighted by Gasteiger charge is -2.08. The second-order valence-electron chi connectivity index (χ2n) is 4.15. The number of esters is 2. The summed E-state index contributed by atoms with van der Waals surface area (Å²) in [4.78, 5) is 34.4. The molecule has 1 rings (SSSR count). The Hall–Kier alpha value is -2.90. The van der Waals surface area contributed by atoms with Crippen molar-refractivity contribution in [2.45, 2.75) is 13.8 Å². The molecule has 0 atom stereocenters. The van der Waals surface area contributed by atoms with Gasteiger partial charge in [0.1, 0.15) is 5.57 Å². The predicted molar refractivity (Wildman–Crippen MR) is 80.9 cm³/mol. The molecule has 0 spiro atoms. The lowest BCUT2D eigenvalue weighted by atomic mass is 10.1. The van der Waals surface area contributed by atoms with Crippen molar-refractivity contribution >= 4 is 23.7 Å². The summed E-state index contributed by atoms with van der Waals surface area (Å²) in [5, 5.41) is 11.2. The number of benzene rings is 1. The van der Waals surface area contributed by atoms with Gasteiger partial charge in [0.25, 0.3) is 0 Å². The third kappa shape index (κ3) is 4.53. The van der Waals surface area contributed by atoms with Crippen LogP contribution in [0, 0.1) is 10.1 Å². The van der Waals surface area contributed by atoms with Gasteiger partial charge in [0.05, 0.1) is 30.8 Å². The van der Waals surface area contributed by atoms with E-state index in [2.05, 4.69) is 0 Å². The summed E-state index contributed by atoms with van der Waals surface area (Å²) in [5.41, 5.74) is -0.753. The lowest BCUT2D eigenvalue weighted by molar-refractivity contribution is -0.386. The van der Waals surface area contributed by atoms with Gasteiger partial charge in [-0.15, -0.1) is 0 Å². The Morgan fingerprint density at radius 1 is 1.17 bits per heavy atom. The number of carbonyl (C=O) groups is 2. The fourth-order valence-corrected chi connectivity index (χ4v) is 1.79. The first kappa shape index (κ1) is 18.1. The van der Waals surface area contributed by atoms with Crippen molar-refractivity contribution in [3.63, 3.8) is 0 Å². The molecule has 0 saturated carbocycles. The van der Waals surface area contributed by atoms with Crippen molar-refractivity contribution in [2.75, 3.05) is 20.3 Å². The van der Waals surface area contributed by atoms with Gasteiger partial charge in [-0.2, -0.15) is 0 Å². The van der Waals surface area contributed by atoms with E-state index < -0.39 is 22.4 Å². The molecule has 0 saturated heterocycles. The summed E-state index contributed by atoms with van der Waals surface area (Å²) < 4.78 is 14.5. The fraction of sp³-hybridized carbons (Fsp3) is 0.333. The Labute approximate surface area is 132 Å². The largest absolute Gasteiger partial charge is 0.490 e. The molecule has 0 fully saturated rings. The Morgan fingerprint density at radius 2 is 1.74 bits per heavy atom. The molecule has 0 heterocycles. The maximum atomic E-state index is 11.9. The van der Waals surface area contributed by atoms with Gasteiger partial charge in [-0.25, -0.2) is 9.59 Å². The first-order valence-electron chi connectivity index (χ1n) is 6.83. The summed E-state index contributed by atoms with van der Waals surface area (Å²) in [6.07, 6.45) is 1.07. The molecule has 1 aromatic carbocycles. The Bertz CT molecular complexity index is 617. The molecule has 0 aliphatic heterocycles. The van der Waals surface area contributed by atoms with E-state index in [1.807, 2.05) is 0 Å². The van der Waals surface area contributed by atoms with E-state index in [4.69, 9.17) is 14.2 Å². The van der Waals surface area contributed by atoms with Crippen LogP contribution in [0.4, 0.5) is 5.69 Å². The SMILES string of the molecule is CCOC(=O)C(=Cc1cccc(OC)c1[N+](=O)[O-])C(=O)OCC. The van der Waals surface area contributed by atoms with E-state index in [1.54, 1.807) is 13.8 Å². The van der Waals surface area contributed by atoms with Crippen LogP contribution in [0.2, 0.25) is 0 Å². The number of carbonyl (C=O) groups excluding carboxylic acids is 2. The third-order valence-electron chi connectivity index (χ3n) is 2.72. The van der Waals surface area contributed by atoms with Crippen LogP contribution in [0.3, 0.4) is 0 Å². The number of nitrogens with zero attached hydrogens (tertiary/aromatic N) is 1. The van der Waals surface area contributed by atoms with Gasteiger partial charge in [0.2, 0.25) is 0 Å². The smallest absolute Gasteiger partial charge is 0.345 e. The normalized spacial score (nSPS) is 9.70. The molecular formula is C15H17NO7. The van der Waals surface area contributed by atoms with Crippen LogP contribution in [-0.4, -0.2) is 37.2 Å². The van der Waals surface area contributed by atoms with Crippen molar-refractivity contribution in [1.29, 1.82) is 0 Å². The first-order valence-corrected chi connectivity index (χ1v) is 6.83. The standard InChI is InChI=1S/C15H17NO7/c1-4-22-14(17)11(15(18)23-5-2)9-10-7-6-8-12(21-3)13(10)16(19)20/h6-9H,4-5H2,1-3H3. The molecule has 8 heteroatoms. The molecular weight excluding hydrogens is 306 g/mol. The first-order chi connectivity index (χ1) is 11.0. The Balaban J connectivity index is 3.44. The van der Waals surface area contributed by atoms with Crippen LogP contribution in [-0.2, 0) is 19.1 Å². The molecule has 23 heavy (non-hydrogen) atoms. The number of ether oxygens (including phenoxy) is 3. The van der Waals surface area contributed by atoms with Crippen LogP contribution >= 0.6 is 0 Å². The summed E-state index contributed by atoms with van der Waals surface area (Å²) in [5.74, 6) is -1.82. The van der Waals surface area contributed by atoms with E-state index in [0.29, 0.717) is 0 Å². The van der Waals surface area contributed by atoms with Gasteiger partial charge in [-0.05, 0) is 32.1 Å². The van der Waals surface area contributed by atoms with E-state index >= 15 is 0 Å². The van der Waals surface area contributed by atoms with Gasteiger partial charge < -0.3 is 14.2 Å². The maximum Gasteiger partial charge on any atom is 0.345 e. The molecule has 0 aliphatic carbocycles. The van der Waals surface area contributed by atoms with Crippen LogP contribution in [0.25, 0.3) is 6.08 Å². The van der Waals surface area contributed by atoms with E-state index in [1.165, 1.54) is 25.3 Å². The number of nitro benzene ring substituents is 1. The molecule has 0 N–H and O–H groups in total. The second-order valence-corrected chi connectivity index (χ2v) is 4.15. The average molecular weight is 323 g/mol. The highest BCUT2D eigenvalue weighted by molar-refractivity contribution is 6.18. The Morgan fingerprint density at radius 3 is 2.17 bits per heavy atom. The van der Waals surface area contributed by atoms with Crippen LogP contribution in [0.15, 0.2) is 23.8 Å². The predicted octanol–water partition coefficient (Wildman–Crippen LogP) is 2.11. The number of hydrogen-bond acceptors (Lipinski definition) is 7. The van der Waals surface area contributed by atoms with Crippen molar-refractivity contribution in [3.05, 3.63) is 39.4 Å². The van der Waals surface area contributed by atoms with Crippen LogP contribution < -0.4 is 4.74 Å². The molecule has 0 unspecified atom stereocenters. The number of rotatable bonds is 7. The van der Waals surface area contributed by atoms with Gasteiger partial charge in [-0.3, -0.25) is 10.1 Å². The van der Waals surface area contributed by atoms with Crippen molar-refractivity contribution < 1.29 is 28.7 Å². The zero-order chi connectivity index (χ0) is 17.4. The minimum atomic E-state index is -0.914. The summed E-state index contributed by atoms with van der Waals surface area (Å²) in [6.45, 7) is 3.26. The number of nitro groups is 1. The molecule has 0 aromatic heterocycles. The quantitative estimate of drug-likeness (QED) is 0.189. The Kier molecular flexibility index (Phi) is 6.72. The molecule has 124 valence electrons. The monoisotopic (exact) mass is 323 g/mol. The summed E-state index contributed by atoms with van der Waals surface area (Å²) in [6, 6.07) is 4.30. The molecule has 1 aromatic rings. The molecule has 0 aliphatic rings. The van der Waals surface area contributed by atoms with E-state index in [0.717, 1.165) is 6.08 Å². The van der Waals surface area contributed by atoms with Gasteiger partial charge in [0, 0.05) is 0 Å². The number of methoxy groups -OCH3 is 1. The van der Waals surface area contributed by atoms with Crippen LogP contribution in [0.1, 0.15) is 19.4 Å². The molecule has 8 nitrogen and oxygen atoms in total. The molecule has 0 amide bonds. The summed E-state index contributed by atoms with van der Waals surface area (Å²) >= 11 is 0. The van der Waals surface area contributed by atoms with Crippen molar-refractivity contribution in [3.8, 4) is 5.75 Å². The average Bonchev–Trinajstić information content (AvgIpc) is 2.52. The highest BCUT2D eigenvalue weighted by atomic mass is 16.6. The minimum absolute atomic E-state index is 0.0100. The highest BCUT2D eigenvalue weighted by Crippen LogP contribution is 2.32. The highest BCUT2D eigenvalue weighted by Gasteiger charge is 2.25. The molecule has 0 radical (unpaired) electrons. The third-order valence-corrected chi connectivity index (χ3v) is 2.72. The molecule has 0 bridgehead atoms. The fourth-order valence-electron chi connectivity index (χ4n) is 1.79. The number of hydrogen-bond donors (Lipinski definition) is 0. The van der Waals surface area contributed by atoms with Gasteiger partial charge in [-0.1, -0.05) is 6.07 Å². The second kappa shape index (κ2) is 8.52. The lowest BCUT2D eigenvalue weighted by Crippen LogP contribution is -2.18. The van der Waals surface area contributed by atoms with Gasteiger partial charge in [0.15, 0.2) is 5.75 Å². The summed E-state index contributed by atoms with van der Waals surface area (Å²) in [7, 11) is 1.29. The van der Waals surface area contributed by atoms with Crippen molar-refractivity contribution in [1.82, 2.24) is 0 Å². The van der Waals surface area contributed by atoms with Crippen LogP contribution in [0.5, 0.6) is 5.75 Å². The van der Waals surface area contributed by atoms with E-state index in [-0.39, 0.29) is 30.2 Å². The van der Waals surface area contributed by atoms with Crippen molar-refractivity contribution in [2.24, 2.45) is 0 Å². The van der Waals surface area contributed by atoms with Gasteiger partial charge >= 0.3 is 17.6 Å². The van der Waals surface area contributed by atoms with E-state index in [9.17, 15) is 19.7 Å². The zero-order valence-electron chi connectivity index (χ0n) is 13.0. The maximum absolute atomic E-state index is 11.9. The number of para-hydroxylation sites is 1. The topological polar surface area (TPSA) is 105 Å². The minimum Gasteiger partial charge on any atom is -0.490 e.